The van der Waals surface area contributed by atoms with Gasteiger partial charge in [-0.3, -0.25) is 9.48 Å². The Hall–Kier alpha value is -2.34. The fourth-order valence-electron chi connectivity index (χ4n) is 3.28. The second-order valence-electron chi connectivity index (χ2n) is 6.42. The number of methoxy groups -OCH3 is 1. The first-order valence-corrected chi connectivity index (χ1v) is 8.10. The van der Waals surface area contributed by atoms with Crippen LogP contribution in [0.25, 0.3) is 0 Å². The van der Waals surface area contributed by atoms with Crippen LogP contribution in [0.1, 0.15) is 40.4 Å². The number of ether oxygens (including phenoxy) is 1. The fourth-order valence-corrected chi connectivity index (χ4v) is 3.28. The molecule has 1 aromatic heterocycles. The van der Waals surface area contributed by atoms with Crippen molar-refractivity contribution >= 4 is 5.91 Å². The third-order valence-electron chi connectivity index (χ3n) is 4.74. The summed E-state index contributed by atoms with van der Waals surface area (Å²) in [5, 5.41) is 17.0. The summed E-state index contributed by atoms with van der Waals surface area (Å²) in [6, 6.07) is 5.29. The summed E-state index contributed by atoms with van der Waals surface area (Å²) in [5.74, 6) is 0.778. The van der Waals surface area contributed by atoms with Crippen molar-refractivity contribution in [3.8, 4) is 5.75 Å². The molecule has 0 bridgehead atoms. The number of amides is 1. The lowest BCUT2D eigenvalue weighted by Crippen LogP contribution is -2.41. The fraction of sp³-hybridized carbons (Fsp3) is 0.444. The SMILES string of the molecule is COc1cccc(C(=O)N[C@H](c2cnn(C)c2)C2CC(O)C2)c1C. The Balaban J connectivity index is 1.83. The molecule has 0 saturated heterocycles. The minimum Gasteiger partial charge on any atom is -0.496 e. The first kappa shape index (κ1) is 16.5. The molecule has 0 unspecified atom stereocenters. The summed E-state index contributed by atoms with van der Waals surface area (Å²) >= 11 is 0. The molecule has 2 N–H and O–H groups in total. The molecule has 1 saturated carbocycles. The van der Waals surface area contributed by atoms with E-state index in [1.54, 1.807) is 24.1 Å². The van der Waals surface area contributed by atoms with Crippen LogP contribution in [0.5, 0.6) is 5.75 Å². The predicted molar refractivity (Wildman–Crippen MR) is 89.9 cm³/mol. The zero-order valence-electron chi connectivity index (χ0n) is 14.2. The number of carbonyl (C=O) groups is 1. The Morgan fingerprint density at radius 2 is 2.21 bits per heavy atom. The number of benzene rings is 1. The number of hydrogen-bond donors (Lipinski definition) is 2. The summed E-state index contributed by atoms with van der Waals surface area (Å²) in [7, 11) is 3.45. The van der Waals surface area contributed by atoms with E-state index in [-0.39, 0.29) is 24.0 Å². The van der Waals surface area contributed by atoms with E-state index in [2.05, 4.69) is 10.4 Å². The van der Waals surface area contributed by atoms with Gasteiger partial charge in [-0.15, -0.1) is 0 Å². The van der Waals surface area contributed by atoms with Gasteiger partial charge in [0.1, 0.15) is 5.75 Å². The summed E-state index contributed by atoms with van der Waals surface area (Å²) < 4.78 is 7.02. The van der Waals surface area contributed by atoms with Crippen LogP contribution in [0.4, 0.5) is 0 Å². The Bertz CT molecular complexity index is 735. The zero-order chi connectivity index (χ0) is 17.3. The maximum atomic E-state index is 12.8. The van der Waals surface area contributed by atoms with Crippen molar-refractivity contribution in [2.24, 2.45) is 13.0 Å². The van der Waals surface area contributed by atoms with Gasteiger partial charge in [-0.05, 0) is 37.8 Å². The van der Waals surface area contributed by atoms with E-state index in [4.69, 9.17) is 4.74 Å². The van der Waals surface area contributed by atoms with Crippen LogP contribution >= 0.6 is 0 Å². The molecule has 1 aromatic carbocycles. The Morgan fingerprint density at radius 1 is 1.46 bits per heavy atom. The molecular formula is C18H23N3O3. The van der Waals surface area contributed by atoms with Gasteiger partial charge >= 0.3 is 0 Å². The van der Waals surface area contributed by atoms with Crippen LogP contribution in [0.3, 0.4) is 0 Å². The van der Waals surface area contributed by atoms with Crippen LogP contribution in [0.15, 0.2) is 30.6 Å². The third-order valence-corrected chi connectivity index (χ3v) is 4.74. The molecule has 1 atom stereocenters. The quantitative estimate of drug-likeness (QED) is 0.879. The molecule has 1 heterocycles. The van der Waals surface area contributed by atoms with E-state index in [0.29, 0.717) is 24.2 Å². The van der Waals surface area contributed by atoms with Gasteiger partial charge in [0.15, 0.2) is 0 Å². The lowest BCUT2D eigenvalue weighted by Gasteiger charge is -2.37. The van der Waals surface area contributed by atoms with Crippen molar-refractivity contribution < 1.29 is 14.6 Å². The average molecular weight is 329 g/mol. The van der Waals surface area contributed by atoms with E-state index < -0.39 is 0 Å². The maximum absolute atomic E-state index is 12.8. The van der Waals surface area contributed by atoms with E-state index in [1.807, 2.05) is 32.3 Å². The Labute approximate surface area is 141 Å². The van der Waals surface area contributed by atoms with Crippen molar-refractivity contribution in [1.29, 1.82) is 0 Å². The first-order valence-electron chi connectivity index (χ1n) is 8.10. The van der Waals surface area contributed by atoms with Crippen LogP contribution in [-0.2, 0) is 7.05 Å². The number of aliphatic hydroxyl groups excluding tert-OH is 1. The van der Waals surface area contributed by atoms with Crippen LogP contribution < -0.4 is 10.1 Å². The molecule has 0 spiro atoms. The lowest BCUT2D eigenvalue weighted by molar-refractivity contribution is 0.0235. The summed E-state index contributed by atoms with van der Waals surface area (Å²) in [4.78, 5) is 12.8. The van der Waals surface area contributed by atoms with E-state index in [0.717, 1.165) is 11.1 Å². The largest absolute Gasteiger partial charge is 0.496 e. The second kappa shape index (κ2) is 6.65. The van der Waals surface area contributed by atoms with Gasteiger partial charge in [0.05, 0.1) is 25.5 Å². The van der Waals surface area contributed by atoms with Gasteiger partial charge in [-0.2, -0.15) is 5.10 Å². The van der Waals surface area contributed by atoms with Crippen LogP contribution in [-0.4, -0.2) is 34.0 Å². The number of rotatable bonds is 5. The highest BCUT2D eigenvalue weighted by Crippen LogP contribution is 2.38. The minimum absolute atomic E-state index is 0.137. The molecule has 0 aliphatic heterocycles. The number of hydrogen-bond acceptors (Lipinski definition) is 4. The summed E-state index contributed by atoms with van der Waals surface area (Å²) in [6.07, 6.45) is 4.79. The van der Waals surface area contributed by atoms with E-state index in [9.17, 15) is 9.90 Å². The topological polar surface area (TPSA) is 76.4 Å². The average Bonchev–Trinajstić information content (AvgIpc) is 2.96. The highest BCUT2D eigenvalue weighted by atomic mass is 16.5. The van der Waals surface area contributed by atoms with Crippen molar-refractivity contribution in [2.75, 3.05) is 7.11 Å². The number of aryl methyl sites for hydroxylation is 1. The Morgan fingerprint density at radius 3 is 2.79 bits per heavy atom. The molecule has 1 amide bonds. The number of nitrogens with one attached hydrogen (secondary N) is 1. The van der Waals surface area contributed by atoms with Crippen molar-refractivity contribution in [2.45, 2.75) is 31.9 Å². The van der Waals surface area contributed by atoms with Crippen molar-refractivity contribution in [3.05, 3.63) is 47.3 Å². The second-order valence-corrected chi connectivity index (χ2v) is 6.42. The monoisotopic (exact) mass is 329 g/mol. The first-order chi connectivity index (χ1) is 11.5. The Kier molecular flexibility index (Phi) is 4.57. The van der Waals surface area contributed by atoms with Crippen LogP contribution in [0.2, 0.25) is 0 Å². The van der Waals surface area contributed by atoms with Gasteiger partial charge in [-0.25, -0.2) is 0 Å². The molecule has 6 heteroatoms. The number of aromatic nitrogens is 2. The molecule has 3 rings (SSSR count). The lowest BCUT2D eigenvalue weighted by atomic mass is 9.75. The van der Waals surface area contributed by atoms with Gasteiger partial charge in [-0.1, -0.05) is 6.07 Å². The maximum Gasteiger partial charge on any atom is 0.252 e. The third kappa shape index (κ3) is 3.14. The van der Waals surface area contributed by atoms with Crippen molar-refractivity contribution in [3.63, 3.8) is 0 Å². The van der Waals surface area contributed by atoms with Gasteiger partial charge in [0.2, 0.25) is 0 Å². The molecule has 1 aliphatic rings. The smallest absolute Gasteiger partial charge is 0.252 e. The molecule has 2 aromatic rings. The zero-order valence-corrected chi connectivity index (χ0v) is 14.2. The molecular weight excluding hydrogens is 306 g/mol. The molecule has 24 heavy (non-hydrogen) atoms. The summed E-state index contributed by atoms with van der Waals surface area (Å²) in [6.45, 7) is 1.87. The van der Waals surface area contributed by atoms with Gasteiger partial charge in [0.25, 0.3) is 5.91 Å². The van der Waals surface area contributed by atoms with Crippen molar-refractivity contribution in [1.82, 2.24) is 15.1 Å². The number of nitrogens with zero attached hydrogens (tertiary/aromatic N) is 2. The van der Waals surface area contributed by atoms with E-state index >= 15 is 0 Å². The molecule has 1 aliphatic carbocycles. The normalized spacial score (nSPS) is 21.0. The standard InChI is InChI=1S/C18H23N3O3/c1-11-15(5-4-6-16(11)24-3)18(23)20-17(12-7-14(22)8-12)13-9-19-21(2)10-13/h4-6,9-10,12,14,17,22H,7-8H2,1-3H3,(H,20,23)/t12?,14?,17-/m0/s1. The summed E-state index contributed by atoms with van der Waals surface area (Å²) in [5.41, 5.74) is 2.38. The molecule has 0 radical (unpaired) electrons. The highest BCUT2D eigenvalue weighted by Gasteiger charge is 2.36. The minimum atomic E-state index is -0.273. The van der Waals surface area contributed by atoms with E-state index in [1.165, 1.54) is 0 Å². The molecule has 1 fully saturated rings. The highest BCUT2D eigenvalue weighted by molar-refractivity contribution is 5.96. The number of aliphatic hydroxyl groups is 1. The van der Waals surface area contributed by atoms with Gasteiger partial charge < -0.3 is 15.2 Å². The van der Waals surface area contributed by atoms with Crippen LogP contribution in [0, 0.1) is 12.8 Å². The molecule has 128 valence electrons. The number of carbonyl (C=O) groups excluding carboxylic acids is 1. The molecule has 6 nitrogen and oxygen atoms in total. The van der Waals surface area contributed by atoms with Gasteiger partial charge in [0, 0.05) is 29.9 Å². The predicted octanol–water partition coefficient (Wildman–Crippen LogP) is 1.98.